The Kier molecular flexibility index (Phi) is 4.96. The third kappa shape index (κ3) is 3.48. The number of rotatable bonds is 6. The molecule has 1 atom stereocenters. The summed E-state index contributed by atoms with van der Waals surface area (Å²) in [5, 5.41) is 1.33. The molecule has 0 radical (unpaired) electrons. The molecule has 1 heterocycles. The van der Waals surface area contributed by atoms with E-state index < -0.39 is 15.7 Å². The maximum absolute atomic E-state index is 12.3. The normalized spacial score (nSPS) is 13.5. The van der Waals surface area contributed by atoms with E-state index in [1.54, 1.807) is 30.6 Å². The van der Waals surface area contributed by atoms with E-state index in [0.717, 1.165) is 18.2 Å². The zero-order valence-electron chi connectivity index (χ0n) is 11.1. The highest BCUT2D eigenvalue weighted by molar-refractivity contribution is 7.87. The van der Waals surface area contributed by atoms with Gasteiger partial charge in [0.25, 0.3) is 10.1 Å². The van der Waals surface area contributed by atoms with Gasteiger partial charge in [-0.3, -0.25) is 4.98 Å². The number of unbranched alkanes of at least 4 members (excludes halogenated alkanes) is 1. The van der Waals surface area contributed by atoms with Crippen molar-refractivity contribution in [3.63, 3.8) is 0 Å². The molecule has 2 rings (SSSR count). The summed E-state index contributed by atoms with van der Waals surface area (Å²) in [6.45, 7) is 2.01. The molecule has 20 heavy (non-hydrogen) atoms. The molecule has 0 N–H and O–H groups in total. The minimum Gasteiger partial charge on any atom is -0.264 e. The topological polar surface area (TPSA) is 56.3 Å². The number of aromatic nitrogens is 1. The van der Waals surface area contributed by atoms with Crippen molar-refractivity contribution in [2.75, 3.05) is 0 Å². The Labute approximate surface area is 123 Å². The highest BCUT2D eigenvalue weighted by atomic mass is 35.5. The monoisotopic (exact) mass is 313 g/mol. The van der Waals surface area contributed by atoms with Crippen LogP contribution in [0.5, 0.6) is 0 Å². The van der Waals surface area contributed by atoms with Gasteiger partial charge in [0, 0.05) is 23.2 Å². The van der Waals surface area contributed by atoms with Crippen molar-refractivity contribution in [3.05, 3.63) is 36.7 Å². The van der Waals surface area contributed by atoms with Crippen molar-refractivity contribution in [3.8, 4) is 0 Å². The van der Waals surface area contributed by atoms with E-state index >= 15 is 0 Å². The molecule has 1 aromatic carbocycles. The summed E-state index contributed by atoms with van der Waals surface area (Å²) >= 11 is 5.93. The quantitative estimate of drug-likeness (QED) is 0.603. The van der Waals surface area contributed by atoms with Crippen LogP contribution in [-0.2, 0) is 14.3 Å². The summed E-state index contributed by atoms with van der Waals surface area (Å²) in [6.07, 6.45) is 5.43. The van der Waals surface area contributed by atoms with Gasteiger partial charge >= 0.3 is 0 Å². The molecule has 0 fully saturated rings. The lowest BCUT2D eigenvalue weighted by Crippen LogP contribution is -2.14. The van der Waals surface area contributed by atoms with Crippen molar-refractivity contribution in [1.29, 1.82) is 0 Å². The van der Waals surface area contributed by atoms with Crippen LogP contribution in [0.4, 0.5) is 0 Å². The number of halogens is 1. The predicted octanol–water partition coefficient (Wildman–Crippen LogP) is 3.70. The van der Waals surface area contributed by atoms with Gasteiger partial charge < -0.3 is 0 Å². The second-order valence-electron chi connectivity index (χ2n) is 4.46. The molecule has 0 aliphatic carbocycles. The third-order valence-corrected chi connectivity index (χ3v) is 4.72. The van der Waals surface area contributed by atoms with Crippen LogP contribution >= 0.6 is 11.6 Å². The van der Waals surface area contributed by atoms with E-state index in [0.29, 0.717) is 11.8 Å². The smallest absolute Gasteiger partial charge is 0.264 e. The van der Waals surface area contributed by atoms with E-state index in [1.165, 1.54) is 6.07 Å². The number of nitrogens with zero attached hydrogens (tertiary/aromatic N) is 1. The van der Waals surface area contributed by atoms with E-state index in [-0.39, 0.29) is 4.90 Å². The molecule has 1 unspecified atom stereocenters. The molecule has 108 valence electrons. The first kappa shape index (κ1) is 15.2. The van der Waals surface area contributed by atoms with Crippen molar-refractivity contribution >= 4 is 32.5 Å². The second-order valence-corrected chi connectivity index (χ2v) is 6.48. The third-order valence-electron chi connectivity index (χ3n) is 2.93. The molecule has 0 bridgehead atoms. The van der Waals surface area contributed by atoms with Crippen molar-refractivity contribution in [2.24, 2.45) is 0 Å². The number of pyridine rings is 1. The summed E-state index contributed by atoms with van der Waals surface area (Å²) in [7, 11) is -3.88. The van der Waals surface area contributed by atoms with Crippen LogP contribution in [0.1, 0.15) is 26.2 Å². The number of fused-ring (bicyclic) bond motifs is 1. The largest absolute Gasteiger partial charge is 0.299 e. The Morgan fingerprint density at radius 3 is 2.90 bits per heavy atom. The fourth-order valence-electron chi connectivity index (χ4n) is 1.91. The standard InChI is InChI=1S/C14H16ClNO3S/c1-2-3-7-14(15)19-20(17,18)13-6-4-5-11-10-16-9-8-12(11)13/h4-6,8-10,14H,2-3,7H2,1H3. The molecule has 2 aromatic rings. The summed E-state index contributed by atoms with van der Waals surface area (Å²) in [6, 6.07) is 6.63. The number of hydrogen-bond donors (Lipinski definition) is 0. The summed E-state index contributed by atoms with van der Waals surface area (Å²) < 4.78 is 29.6. The van der Waals surface area contributed by atoms with Gasteiger partial charge in [-0.05, 0) is 25.0 Å². The van der Waals surface area contributed by atoms with Crippen LogP contribution in [0.15, 0.2) is 41.6 Å². The highest BCUT2D eigenvalue weighted by Crippen LogP contribution is 2.25. The molecule has 6 heteroatoms. The van der Waals surface area contributed by atoms with Gasteiger partial charge in [0.15, 0.2) is 5.56 Å². The average molecular weight is 314 g/mol. The number of benzene rings is 1. The summed E-state index contributed by atoms with van der Waals surface area (Å²) in [5.74, 6) is 0. The first-order valence-electron chi connectivity index (χ1n) is 6.44. The van der Waals surface area contributed by atoms with E-state index in [1.807, 2.05) is 6.92 Å². The van der Waals surface area contributed by atoms with Crippen molar-refractivity contribution in [1.82, 2.24) is 4.98 Å². The molecule has 0 aliphatic heterocycles. The molecular weight excluding hydrogens is 298 g/mol. The van der Waals surface area contributed by atoms with Gasteiger partial charge in [-0.1, -0.05) is 37.1 Å². The molecular formula is C14H16ClNO3S. The first-order chi connectivity index (χ1) is 9.54. The predicted molar refractivity (Wildman–Crippen MR) is 79.2 cm³/mol. The van der Waals surface area contributed by atoms with Crippen molar-refractivity contribution in [2.45, 2.75) is 36.6 Å². The maximum atomic E-state index is 12.3. The summed E-state index contributed by atoms with van der Waals surface area (Å²) in [5.41, 5.74) is -0.836. The number of alkyl halides is 1. The van der Waals surface area contributed by atoms with Gasteiger partial charge in [-0.15, -0.1) is 0 Å². The maximum Gasteiger partial charge on any atom is 0.299 e. The lowest BCUT2D eigenvalue weighted by molar-refractivity contribution is 0.271. The summed E-state index contributed by atoms with van der Waals surface area (Å²) in [4.78, 5) is 4.10. The minimum atomic E-state index is -3.88. The Balaban J connectivity index is 2.32. The molecule has 0 saturated carbocycles. The van der Waals surface area contributed by atoms with Crippen LogP contribution in [-0.4, -0.2) is 19.0 Å². The fourth-order valence-corrected chi connectivity index (χ4v) is 3.53. The second kappa shape index (κ2) is 6.52. The lowest BCUT2D eigenvalue weighted by Gasteiger charge is -2.12. The Hall–Kier alpha value is -1.17. The molecule has 0 spiro atoms. The highest BCUT2D eigenvalue weighted by Gasteiger charge is 2.22. The SMILES string of the molecule is CCCCC(Cl)OS(=O)(=O)c1cccc2cnccc12. The van der Waals surface area contributed by atoms with Gasteiger partial charge in [-0.2, -0.15) is 8.42 Å². The van der Waals surface area contributed by atoms with Crippen LogP contribution in [0.3, 0.4) is 0 Å². The minimum absolute atomic E-state index is 0.125. The molecule has 0 saturated heterocycles. The van der Waals surface area contributed by atoms with E-state index in [4.69, 9.17) is 15.8 Å². The van der Waals surface area contributed by atoms with Gasteiger partial charge in [0.05, 0.1) is 0 Å². The molecule has 4 nitrogen and oxygen atoms in total. The van der Waals surface area contributed by atoms with Crippen LogP contribution in [0.2, 0.25) is 0 Å². The van der Waals surface area contributed by atoms with Crippen molar-refractivity contribution < 1.29 is 12.6 Å². The Morgan fingerprint density at radius 1 is 1.35 bits per heavy atom. The zero-order chi connectivity index (χ0) is 14.6. The average Bonchev–Trinajstić information content (AvgIpc) is 2.44. The Bertz CT molecular complexity index is 682. The molecule has 0 amide bonds. The molecule has 1 aromatic heterocycles. The van der Waals surface area contributed by atoms with Crippen LogP contribution in [0.25, 0.3) is 10.8 Å². The Morgan fingerprint density at radius 2 is 2.15 bits per heavy atom. The van der Waals surface area contributed by atoms with Gasteiger partial charge in [0.1, 0.15) is 4.90 Å². The van der Waals surface area contributed by atoms with Gasteiger partial charge in [0.2, 0.25) is 0 Å². The van der Waals surface area contributed by atoms with E-state index in [9.17, 15) is 8.42 Å². The van der Waals surface area contributed by atoms with E-state index in [2.05, 4.69) is 4.98 Å². The first-order valence-corrected chi connectivity index (χ1v) is 8.29. The molecule has 0 aliphatic rings. The lowest BCUT2D eigenvalue weighted by atomic mass is 10.2. The van der Waals surface area contributed by atoms with Gasteiger partial charge in [-0.25, -0.2) is 4.18 Å². The van der Waals surface area contributed by atoms with Crippen LogP contribution in [0, 0.1) is 0 Å². The van der Waals surface area contributed by atoms with Crippen LogP contribution < -0.4 is 0 Å². The fraction of sp³-hybridized carbons (Fsp3) is 0.357. The number of hydrogen-bond acceptors (Lipinski definition) is 4. The zero-order valence-corrected chi connectivity index (χ0v) is 12.7.